The monoisotopic (exact) mass is 390 g/mol. The zero-order valence-corrected chi connectivity index (χ0v) is 16.2. The molecule has 0 bridgehead atoms. The molecule has 2 heterocycles. The van der Waals surface area contributed by atoms with Gasteiger partial charge in [0.15, 0.2) is 0 Å². The maximum atomic E-state index is 12.4. The summed E-state index contributed by atoms with van der Waals surface area (Å²) >= 11 is 0. The van der Waals surface area contributed by atoms with E-state index in [9.17, 15) is 13.7 Å². The lowest BCUT2D eigenvalue weighted by molar-refractivity contribution is 0.570. The number of pyridine rings is 1. The molecule has 1 N–H and O–H groups in total. The summed E-state index contributed by atoms with van der Waals surface area (Å²) < 4.78 is 29.3. The fourth-order valence-electron chi connectivity index (χ4n) is 3.26. The van der Waals surface area contributed by atoms with E-state index in [4.69, 9.17) is 0 Å². The van der Waals surface area contributed by atoms with Crippen LogP contribution in [0.3, 0.4) is 0 Å². The smallest absolute Gasteiger partial charge is 0.240 e. The van der Waals surface area contributed by atoms with Gasteiger partial charge in [0, 0.05) is 28.9 Å². The summed E-state index contributed by atoms with van der Waals surface area (Å²) in [4.78, 5) is 4.65. The number of aromatic nitrogens is 2. The Morgan fingerprint density at radius 1 is 1.18 bits per heavy atom. The zero-order chi connectivity index (χ0) is 19.9. The highest BCUT2D eigenvalue weighted by molar-refractivity contribution is 7.89. The van der Waals surface area contributed by atoms with Gasteiger partial charge in [-0.1, -0.05) is 18.2 Å². The number of allylic oxidation sites excluding steroid dienone is 4. The van der Waals surface area contributed by atoms with Gasteiger partial charge in [-0.2, -0.15) is 5.26 Å². The maximum absolute atomic E-state index is 12.4. The number of hydrogen-bond donors (Lipinski definition) is 1. The zero-order valence-electron chi connectivity index (χ0n) is 15.4. The van der Waals surface area contributed by atoms with Gasteiger partial charge in [0.05, 0.1) is 16.2 Å². The third-order valence-corrected chi connectivity index (χ3v) is 6.14. The van der Waals surface area contributed by atoms with Crippen molar-refractivity contribution >= 4 is 26.8 Å². The van der Waals surface area contributed by atoms with Crippen LogP contribution in [0.25, 0.3) is 28.0 Å². The van der Waals surface area contributed by atoms with Gasteiger partial charge in [0.2, 0.25) is 10.0 Å². The van der Waals surface area contributed by atoms with Gasteiger partial charge in [-0.25, -0.2) is 18.1 Å². The molecule has 28 heavy (non-hydrogen) atoms. The Morgan fingerprint density at radius 2 is 1.89 bits per heavy atom. The predicted molar refractivity (Wildman–Crippen MR) is 109 cm³/mol. The van der Waals surface area contributed by atoms with Crippen LogP contribution in [-0.2, 0) is 10.0 Å². The number of nitriles is 1. The van der Waals surface area contributed by atoms with Gasteiger partial charge in [-0.3, -0.25) is 4.57 Å². The normalized spacial score (nSPS) is 13.4. The fourth-order valence-corrected chi connectivity index (χ4v) is 4.51. The Morgan fingerprint density at radius 3 is 2.46 bits per heavy atom. The van der Waals surface area contributed by atoms with Gasteiger partial charge < -0.3 is 0 Å². The molecule has 0 amide bonds. The largest absolute Gasteiger partial charge is 0.293 e. The number of fused-ring (bicyclic) bond motifs is 1. The van der Waals surface area contributed by atoms with E-state index < -0.39 is 10.0 Å². The summed E-state index contributed by atoms with van der Waals surface area (Å²) in [6.45, 7) is 3.55. The number of rotatable bonds is 5. The van der Waals surface area contributed by atoms with Crippen molar-refractivity contribution in [3.8, 4) is 17.3 Å². The Balaban J connectivity index is 1.89. The van der Waals surface area contributed by atoms with E-state index in [1.165, 1.54) is 0 Å². The molecule has 0 spiro atoms. The number of nitrogens with one attached hydrogen (secondary N) is 1. The third kappa shape index (κ3) is 2.93. The van der Waals surface area contributed by atoms with Crippen LogP contribution in [0, 0.1) is 11.3 Å². The van der Waals surface area contributed by atoms with Crippen LogP contribution in [0.5, 0.6) is 0 Å². The van der Waals surface area contributed by atoms with E-state index in [1.807, 2.05) is 28.9 Å². The van der Waals surface area contributed by atoms with Crippen LogP contribution < -0.4 is 4.72 Å². The first-order valence-electron chi connectivity index (χ1n) is 8.83. The molecular formula is C21H18N4O2S. The summed E-state index contributed by atoms with van der Waals surface area (Å²) in [7, 11) is -3.58. The van der Waals surface area contributed by atoms with Crippen molar-refractivity contribution in [1.29, 1.82) is 5.26 Å². The number of sulfonamides is 1. The molecule has 4 rings (SSSR count). The molecule has 0 aliphatic heterocycles. The summed E-state index contributed by atoms with van der Waals surface area (Å²) in [5.41, 5.74) is 3.59. The number of benzene rings is 1. The van der Waals surface area contributed by atoms with E-state index in [1.54, 1.807) is 50.4 Å². The molecular weight excluding hydrogens is 372 g/mol. The minimum absolute atomic E-state index is 0.187. The quantitative estimate of drug-likeness (QED) is 0.720. The average Bonchev–Trinajstić information content (AvgIpc) is 2.94. The van der Waals surface area contributed by atoms with E-state index in [0.29, 0.717) is 16.9 Å². The summed E-state index contributed by atoms with van der Waals surface area (Å²) in [5, 5.41) is 10.6. The van der Waals surface area contributed by atoms with Crippen molar-refractivity contribution in [2.24, 2.45) is 0 Å². The van der Waals surface area contributed by atoms with Crippen LogP contribution in [0.4, 0.5) is 0 Å². The van der Waals surface area contributed by atoms with Gasteiger partial charge in [0.1, 0.15) is 11.7 Å². The molecule has 1 aliphatic carbocycles. The number of nitrogens with zero attached hydrogens (tertiary/aromatic N) is 3. The fraction of sp³-hybridized carbons (Fsp3) is 0.143. The standard InChI is InChI=1S/C21H18N4O2S/c1-14(2)24-28(26,27)17-10-8-15(9-11-17)20-19(13-22)18-7-4-12-23-21(18)25(20)16-5-3-6-16/h3-12,14,24H,1-2H3. The minimum atomic E-state index is -3.58. The summed E-state index contributed by atoms with van der Waals surface area (Å²) in [5.74, 6) is 0. The highest BCUT2D eigenvalue weighted by Crippen LogP contribution is 2.36. The molecule has 6 nitrogen and oxygen atoms in total. The van der Waals surface area contributed by atoms with Gasteiger partial charge in [-0.05, 0) is 50.3 Å². The lowest BCUT2D eigenvalue weighted by Crippen LogP contribution is -2.30. The first-order valence-corrected chi connectivity index (χ1v) is 10.3. The molecule has 140 valence electrons. The van der Waals surface area contributed by atoms with E-state index >= 15 is 0 Å². The van der Waals surface area contributed by atoms with Crippen molar-refractivity contribution in [2.75, 3.05) is 0 Å². The third-order valence-electron chi connectivity index (χ3n) is 4.46. The van der Waals surface area contributed by atoms with E-state index in [-0.39, 0.29) is 10.9 Å². The first kappa shape index (κ1) is 18.2. The van der Waals surface area contributed by atoms with Crippen molar-refractivity contribution < 1.29 is 8.42 Å². The molecule has 7 heteroatoms. The molecule has 3 aromatic rings. The number of hydrogen-bond acceptors (Lipinski definition) is 4. The van der Waals surface area contributed by atoms with Crippen LogP contribution in [0.1, 0.15) is 19.4 Å². The topological polar surface area (TPSA) is 87.8 Å². The second-order valence-electron chi connectivity index (χ2n) is 6.80. The molecule has 0 fully saturated rings. The van der Waals surface area contributed by atoms with E-state index in [0.717, 1.165) is 16.6 Å². The van der Waals surface area contributed by atoms with Crippen LogP contribution >= 0.6 is 0 Å². The van der Waals surface area contributed by atoms with Gasteiger partial charge in [0.25, 0.3) is 0 Å². The Bertz CT molecular complexity index is 1270. The van der Waals surface area contributed by atoms with Crippen LogP contribution in [-0.4, -0.2) is 24.0 Å². The molecule has 0 saturated carbocycles. The molecule has 0 radical (unpaired) electrons. The predicted octanol–water partition coefficient (Wildman–Crippen LogP) is 3.67. The molecule has 0 atom stereocenters. The lowest BCUT2D eigenvalue weighted by atomic mass is 10.1. The summed E-state index contributed by atoms with van der Waals surface area (Å²) in [6, 6.07) is 12.3. The second kappa shape index (κ2) is 6.75. The van der Waals surface area contributed by atoms with Crippen LogP contribution in [0.2, 0.25) is 0 Å². The second-order valence-corrected chi connectivity index (χ2v) is 8.51. The molecule has 0 saturated heterocycles. The maximum Gasteiger partial charge on any atom is 0.240 e. The molecule has 1 aromatic carbocycles. The molecule has 0 unspecified atom stereocenters. The average molecular weight is 390 g/mol. The first-order chi connectivity index (χ1) is 13.4. The minimum Gasteiger partial charge on any atom is -0.293 e. The van der Waals surface area contributed by atoms with Gasteiger partial charge in [-0.15, -0.1) is 0 Å². The van der Waals surface area contributed by atoms with Crippen LogP contribution in [0.15, 0.2) is 65.7 Å². The Labute approximate surface area is 163 Å². The highest BCUT2D eigenvalue weighted by atomic mass is 32.2. The lowest BCUT2D eigenvalue weighted by Gasteiger charge is -2.15. The van der Waals surface area contributed by atoms with Crippen molar-refractivity contribution in [3.05, 3.63) is 66.4 Å². The Kier molecular flexibility index (Phi) is 4.38. The SMILES string of the molecule is CC(C)NS(=O)(=O)c1ccc(-c2c(C#N)c3cccnc3n2C2=CC=C2)cc1. The van der Waals surface area contributed by atoms with Crippen molar-refractivity contribution in [3.63, 3.8) is 0 Å². The van der Waals surface area contributed by atoms with Crippen molar-refractivity contribution in [1.82, 2.24) is 14.3 Å². The Hall–Kier alpha value is -3.21. The van der Waals surface area contributed by atoms with E-state index in [2.05, 4.69) is 15.8 Å². The van der Waals surface area contributed by atoms with Gasteiger partial charge >= 0.3 is 0 Å². The molecule has 2 aromatic heterocycles. The highest BCUT2D eigenvalue weighted by Gasteiger charge is 2.23. The van der Waals surface area contributed by atoms with Crippen molar-refractivity contribution in [2.45, 2.75) is 24.8 Å². The summed E-state index contributed by atoms with van der Waals surface area (Å²) in [6.07, 6.45) is 7.52. The molecule has 1 aliphatic rings.